The van der Waals surface area contributed by atoms with Gasteiger partial charge in [0, 0.05) is 49.5 Å². The van der Waals surface area contributed by atoms with Crippen LogP contribution in [-0.4, -0.2) is 67.1 Å². The number of carbonyl (C=O) groups excluding carboxylic acids is 1. The van der Waals surface area contributed by atoms with Crippen LogP contribution in [0.2, 0.25) is 0 Å². The van der Waals surface area contributed by atoms with Crippen molar-refractivity contribution in [2.24, 2.45) is 0 Å². The number of rotatable bonds is 10. The van der Waals surface area contributed by atoms with Crippen LogP contribution in [0.3, 0.4) is 0 Å². The molecule has 0 spiro atoms. The smallest absolute Gasteiger partial charge is 0.247 e. The van der Waals surface area contributed by atoms with Crippen molar-refractivity contribution in [3.8, 4) is 17.0 Å². The van der Waals surface area contributed by atoms with E-state index >= 15 is 0 Å². The summed E-state index contributed by atoms with van der Waals surface area (Å²) >= 11 is 0. The number of hydrogen-bond acceptors (Lipinski definition) is 7. The number of fused-ring (bicyclic) bond motifs is 1. The zero-order valence-corrected chi connectivity index (χ0v) is 21.3. The molecule has 0 saturated carbocycles. The van der Waals surface area contributed by atoms with E-state index in [-0.39, 0.29) is 11.7 Å². The summed E-state index contributed by atoms with van der Waals surface area (Å²) in [6.07, 6.45) is 4.51. The van der Waals surface area contributed by atoms with Gasteiger partial charge in [0.25, 0.3) is 0 Å². The highest BCUT2D eigenvalue weighted by atomic mass is 19.1. The second kappa shape index (κ2) is 11.1. The molecule has 3 N–H and O–H groups in total. The van der Waals surface area contributed by atoms with Gasteiger partial charge in [-0.1, -0.05) is 6.58 Å². The van der Waals surface area contributed by atoms with E-state index < -0.39 is 0 Å². The molecular formula is C27H30FN7O2. The SMILES string of the molecule is C=CC(=O)Nc1cc(Nc2nccc(-c3cc(F)c4[nH]ccc4c3)n2)c(OC)cc1N(C)CCN(C)C. The number of anilines is 4. The van der Waals surface area contributed by atoms with Crippen molar-refractivity contribution in [3.05, 3.63) is 67.3 Å². The Kier molecular flexibility index (Phi) is 7.69. The maximum absolute atomic E-state index is 14.5. The van der Waals surface area contributed by atoms with Crippen molar-refractivity contribution < 1.29 is 13.9 Å². The van der Waals surface area contributed by atoms with Gasteiger partial charge in [-0.2, -0.15) is 0 Å². The van der Waals surface area contributed by atoms with Gasteiger partial charge in [0.2, 0.25) is 11.9 Å². The van der Waals surface area contributed by atoms with Gasteiger partial charge >= 0.3 is 0 Å². The van der Waals surface area contributed by atoms with Crippen LogP contribution in [0.5, 0.6) is 5.75 Å². The van der Waals surface area contributed by atoms with Crippen LogP contribution in [0.25, 0.3) is 22.2 Å². The number of nitrogens with one attached hydrogen (secondary N) is 3. The van der Waals surface area contributed by atoms with Crippen molar-refractivity contribution in [3.63, 3.8) is 0 Å². The summed E-state index contributed by atoms with van der Waals surface area (Å²) in [4.78, 5) is 28.1. The molecule has 0 aliphatic rings. The summed E-state index contributed by atoms with van der Waals surface area (Å²) in [7, 11) is 7.52. The summed E-state index contributed by atoms with van der Waals surface area (Å²) in [5, 5.41) is 6.80. The molecule has 2 heterocycles. The minimum Gasteiger partial charge on any atom is -0.494 e. The fourth-order valence-corrected chi connectivity index (χ4v) is 3.88. The zero-order chi connectivity index (χ0) is 26.5. The van der Waals surface area contributed by atoms with E-state index in [2.05, 4.69) is 37.1 Å². The van der Waals surface area contributed by atoms with Crippen LogP contribution >= 0.6 is 0 Å². The molecule has 0 bridgehead atoms. The first-order chi connectivity index (χ1) is 17.8. The Labute approximate surface area is 215 Å². The third-order valence-electron chi connectivity index (χ3n) is 5.86. The molecule has 4 aromatic rings. The predicted molar refractivity (Wildman–Crippen MR) is 146 cm³/mol. The molecule has 2 aromatic heterocycles. The van der Waals surface area contributed by atoms with Gasteiger partial charge in [-0.25, -0.2) is 14.4 Å². The lowest BCUT2D eigenvalue weighted by molar-refractivity contribution is -0.111. The van der Waals surface area contributed by atoms with Gasteiger partial charge in [0.1, 0.15) is 11.6 Å². The molecule has 192 valence electrons. The summed E-state index contributed by atoms with van der Waals surface area (Å²) in [6.45, 7) is 5.11. The number of nitrogens with zero attached hydrogens (tertiary/aromatic N) is 4. The van der Waals surface area contributed by atoms with E-state index in [9.17, 15) is 9.18 Å². The number of aromatic nitrogens is 3. The summed E-state index contributed by atoms with van der Waals surface area (Å²) in [5.74, 6) is 0.139. The van der Waals surface area contributed by atoms with Gasteiger partial charge in [0.05, 0.1) is 35.4 Å². The Morgan fingerprint density at radius 3 is 2.70 bits per heavy atom. The monoisotopic (exact) mass is 503 g/mol. The summed E-state index contributed by atoms with van der Waals surface area (Å²) in [6, 6.07) is 10.4. The Hall–Kier alpha value is -4.44. The van der Waals surface area contributed by atoms with Crippen LogP contribution in [0.15, 0.2) is 61.4 Å². The minimum atomic E-state index is -0.358. The molecule has 0 atom stereocenters. The van der Waals surface area contributed by atoms with Crippen LogP contribution in [0, 0.1) is 5.82 Å². The Morgan fingerprint density at radius 1 is 1.16 bits per heavy atom. The average Bonchev–Trinajstić information content (AvgIpc) is 3.37. The Morgan fingerprint density at radius 2 is 1.97 bits per heavy atom. The highest BCUT2D eigenvalue weighted by Crippen LogP contribution is 2.38. The molecule has 2 aromatic carbocycles. The third kappa shape index (κ3) is 5.87. The first-order valence-electron chi connectivity index (χ1n) is 11.7. The van der Waals surface area contributed by atoms with E-state index in [4.69, 9.17) is 4.74 Å². The van der Waals surface area contributed by atoms with E-state index in [1.165, 1.54) is 12.1 Å². The Bertz CT molecular complexity index is 1430. The third-order valence-corrected chi connectivity index (χ3v) is 5.86. The highest BCUT2D eigenvalue weighted by molar-refractivity contribution is 6.02. The predicted octanol–water partition coefficient (Wildman–Crippen LogP) is 4.64. The fraction of sp³-hybridized carbons (Fsp3) is 0.222. The lowest BCUT2D eigenvalue weighted by Crippen LogP contribution is -2.29. The van der Waals surface area contributed by atoms with Crippen molar-refractivity contribution >= 4 is 39.8 Å². The van der Waals surface area contributed by atoms with E-state index in [1.54, 1.807) is 31.6 Å². The second-order valence-corrected chi connectivity index (χ2v) is 8.78. The number of halogens is 1. The molecule has 4 rings (SSSR count). The van der Waals surface area contributed by atoms with Gasteiger partial charge in [-0.05, 0) is 50.5 Å². The number of likely N-dealkylation sites (N-methyl/N-ethyl adjacent to an activating group) is 2. The zero-order valence-electron chi connectivity index (χ0n) is 21.3. The van der Waals surface area contributed by atoms with Crippen LogP contribution in [0.4, 0.5) is 27.4 Å². The first-order valence-corrected chi connectivity index (χ1v) is 11.7. The molecule has 0 aliphatic carbocycles. The Balaban J connectivity index is 1.69. The quantitative estimate of drug-likeness (QED) is 0.271. The van der Waals surface area contributed by atoms with E-state index in [1.807, 2.05) is 44.2 Å². The van der Waals surface area contributed by atoms with Gasteiger partial charge in [-0.3, -0.25) is 4.79 Å². The van der Waals surface area contributed by atoms with Gasteiger partial charge < -0.3 is 30.2 Å². The number of aromatic amines is 1. The number of benzene rings is 2. The molecule has 0 fully saturated rings. The lowest BCUT2D eigenvalue weighted by atomic mass is 10.1. The van der Waals surface area contributed by atoms with Gasteiger partial charge in [0.15, 0.2) is 0 Å². The molecule has 1 amide bonds. The van der Waals surface area contributed by atoms with Crippen molar-refractivity contribution in [1.82, 2.24) is 19.9 Å². The largest absolute Gasteiger partial charge is 0.494 e. The maximum atomic E-state index is 14.5. The number of carbonyl (C=O) groups is 1. The van der Waals surface area contributed by atoms with E-state index in [0.717, 1.165) is 24.2 Å². The highest BCUT2D eigenvalue weighted by Gasteiger charge is 2.17. The summed E-state index contributed by atoms with van der Waals surface area (Å²) in [5.41, 5.74) is 3.54. The molecule has 9 nitrogen and oxygen atoms in total. The number of methoxy groups -OCH3 is 1. The van der Waals surface area contributed by atoms with Gasteiger partial charge in [-0.15, -0.1) is 0 Å². The lowest BCUT2D eigenvalue weighted by Gasteiger charge is -2.26. The van der Waals surface area contributed by atoms with Crippen molar-refractivity contribution in [1.29, 1.82) is 0 Å². The first kappa shape index (κ1) is 25.6. The molecule has 0 unspecified atom stereocenters. The van der Waals surface area contributed by atoms with Crippen molar-refractivity contribution in [2.75, 3.05) is 56.9 Å². The molecule has 37 heavy (non-hydrogen) atoms. The van der Waals surface area contributed by atoms with Crippen molar-refractivity contribution in [2.45, 2.75) is 0 Å². The average molecular weight is 504 g/mol. The molecule has 0 radical (unpaired) electrons. The second-order valence-electron chi connectivity index (χ2n) is 8.78. The topological polar surface area (TPSA) is 98.4 Å². The normalized spacial score (nSPS) is 11.0. The van der Waals surface area contributed by atoms with Crippen LogP contribution in [0.1, 0.15) is 0 Å². The van der Waals surface area contributed by atoms with Crippen LogP contribution < -0.4 is 20.3 Å². The van der Waals surface area contributed by atoms with Crippen LogP contribution in [-0.2, 0) is 4.79 Å². The fourth-order valence-electron chi connectivity index (χ4n) is 3.88. The number of ether oxygens (including phenoxy) is 1. The number of H-pyrrole nitrogens is 1. The number of hydrogen-bond donors (Lipinski definition) is 3. The number of amides is 1. The molecule has 0 aliphatic heterocycles. The molecule has 10 heteroatoms. The molecular weight excluding hydrogens is 473 g/mol. The minimum absolute atomic E-state index is 0.292. The van der Waals surface area contributed by atoms with E-state index in [0.29, 0.717) is 39.8 Å². The maximum Gasteiger partial charge on any atom is 0.247 e. The summed E-state index contributed by atoms with van der Waals surface area (Å²) < 4.78 is 20.2. The molecule has 0 saturated heterocycles. The standard InChI is InChI=1S/C27H30FN7O2/c1-6-25(36)31-21-15-22(24(37-5)16-23(21)35(4)12-11-34(2)3)33-27-30-10-8-20(32-27)18-13-17-7-9-29-26(17)19(28)14-18/h6-10,13-16,29H,1,11-12H2,2-5H3,(H,31,36)(H,30,32,33).